The molecule has 1 unspecified atom stereocenters. The Balaban J connectivity index is 0.956. The lowest BCUT2D eigenvalue weighted by Crippen LogP contribution is -2.54. The average molecular weight is 899 g/mol. The van der Waals surface area contributed by atoms with Gasteiger partial charge in [-0.2, -0.15) is 4.98 Å². The number of fused-ring (bicyclic) bond motifs is 1. The molecule has 0 spiro atoms. The second-order valence-electron chi connectivity index (χ2n) is 16.5. The highest BCUT2D eigenvalue weighted by molar-refractivity contribution is 7.92. The van der Waals surface area contributed by atoms with Crippen LogP contribution in [0.3, 0.4) is 0 Å². The highest BCUT2D eigenvalue weighted by Gasteiger charge is 2.45. The number of halogens is 1. The van der Waals surface area contributed by atoms with Crippen molar-refractivity contribution in [1.82, 2.24) is 25.1 Å². The van der Waals surface area contributed by atoms with Crippen molar-refractivity contribution in [2.75, 3.05) is 35.6 Å². The minimum atomic E-state index is -3.60. The number of carbonyl (C=O) groups excluding carboxylic acids is 5. The standard InChI is InChI=1S/C45H51ClN8O8S/c1-25(2)62-36-23-30(27(5)22-34(36)50-45-48-24-31(46)41(52-45)49-32-11-6-7-13-37(32)63(60,61)26(3)4)28-17-20-53(21-18-28)39(56)14-9-19-47-33-12-8-10-29-40(33)44(59)54(43(29)58)35-15-16-38(55)51-42(35)57/h6-8,10-13,22-26,28,35,47H,9,14-21H2,1-5H3,(H,51,55,57)(H2,48,49,50,52). The number of nitrogens with zero attached hydrogens (tertiary/aromatic N) is 4. The molecule has 3 aliphatic rings. The number of anilines is 5. The Morgan fingerprint density at radius 2 is 1.67 bits per heavy atom. The molecule has 1 aromatic heterocycles. The van der Waals surface area contributed by atoms with Crippen molar-refractivity contribution < 1.29 is 37.1 Å². The molecule has 18 heteroatoms. The molecule has 2 saturated heterocycles. The summed E-state index contributed by atoms with van der Waals surface area (Å²) in [5, 5.41) is 11.4. The number of nitrogens with one attached hydrogen (secondary N) is 4. The van der Waals surface area contributed by atoms with E-state index in [-0.39, 0.29) is 63.6 Å². The number of aromatic nitrogens is 2. The number of para-hydroxylation sites is 1. The van der Waals surface area contributed by atoms with Gasteiger partial charge in [0.05, 0.1) is 44.9 Å². The van der Waals surface area contributed by atoms with E-state index >= 15 is 0 Å². The number of hydrogen-bond acceptors (Lipinski definition) is 13. The number of hydrogen-bond donors (Lipinski definition) is 4. The molecule has 0 radical (unpaired) electrons. The van der Waals surface area contributed by atoms with E-state index in [2.05, 4.69) is 31.2 Å². The first-order valence-corrected chi connectivity index (χ1v) is 23.0. The largest absolute Gasteiger partial charge is 0.489 e. The Morgan fingerprint density at radius 3 is 2.38 bits per heavy atom. The van der Waals surface area contributed by atoms with E-state index in [0.29, 0.717) is 55.3 Å². The SMILES string of the molecule is Cc1cc(Nc2ncc(Cl)c(Nc3ccccc3S(=O)(=O)C(C)C)n2)c(OC(C)C)cc1C1CCN(C(=O)CCCNc2cccc3c2C(=O)N(C2CCC(=O)NC2=O)C3=O)CC1. The monoisotopic (exact) mass is 898 g/mol. The Hall–Kier alpha value is -6.07. The van der Waals surface area contributed by atoms with Crippen LogP contribution in [0.4, 0.5) is 28.8 Å². The summed E-state index contributed by atoms with van der Waals surface area (Å²) < 4.78 is 32.5. The van der Waals surface area contributed by atoms with Crippen LogP contribution >= 0.6 is 11.6 Å². The van der Waals surface area contributed by atoms with Crippen LogP contribution in [-0.2, 0) is 24.2 Å². The first kappa shape index (κ1) is 45.0. The van der Waals surface area contributed by atoms with E-state index in [4.69, 9.17) is 16.3 Å². The average Bonchev–Trinajstić information content (AvgIpc) is 3.50. The van der Waals surface area contributed by atoms with Crippen LogP contribution in [0, 0.1) is 6.92 Å². The van der Waals surface area contributed by atoms with Gasteiger partial charge < -0.3 is 25.6 Å². The van der Waals surface area contributed by atoms with Gasteiger partial charge in [-0.05, 0) is 114 Å². The van der Waals surface area contributed by atoms with Crippen LogP contribution in [0.25, 0.3) is 0 Å². The summed E-state index contributed by atoms with van der Waals surface area (Å²) in [6, 6.07) is 14.5. The molecule has 4 heterocycles. The minimum absolute atomic E-state index is 0.0331. The molecule has 3 aromatic carbocycles. The Labute approximate surface area is 371 Å². The van der Waals surface area contributed by atoms with Gasteiger partial charge in [-0.3, -0.25) is 34.2 Å². The quantitative estimate of drug-likeness (QED) is 0.0709. The smallest absolute Gasteiger partial charge is 0.264 e. The van der Waals surface area contributed by atoms with Crippen molar-refractivity contribution in [3.63, 3.8) is 0 Å². The molecule has 332 valence electrons. The zero-order valence-electron chi connectivity index (χ0n) is 35.8. The molecule has 5 amide bonds. The van der Waals surface area contributed by atoms with E-state index in [0.717, 1.165) is 28.9 Å². The lowest BCUT2D eigenvalue weighted by atomic mass is 9.86. The molecule has 0 aliphatic carbocycles. The van der Waals surface area contributed by atoms with E-state index in [9.17, 15) is 32.4 Å². The third kappa shape index (κ3) is 9.64. The maximum absolute atomic E-state index is 13.4. The molecule has 1 atom stereocenters. The van der Waals surface area contributed by atoms with Crippen LogP contribution in [0.1, 0.15) is 104 Å². The van der Waals surface area contributed by atoms with Gasteiger partial charge in [0.15, 0.2) is 15.7 Å². The molecule has 2 fully saturated rings. The fraction of sp³-hybridized carbons (Fsp3) is 0.400. The maximum atomic E-state index is 13.4. The first-order valence-electron chi connectivity index (χ1n) is 21.1. The van der Waals surface area contributed by atoms with Crippen molar-refractivity contribution in [3.05, 3.63) is 88.1 Å². The summed E-state index contributed by atoms with van der Waals surface area (Å²) in [5.74, 6) is -0.983. The maximum Gasteiger partial charge on any atom is 0.264 e. The third-order valence-corrected chi connectivity index (χ3v) is 13.9. The molecule has 16 nitrogen and oxygen atoms in total. The van der Waals surface area contributed by atoms with Gasteiger partial charge in [0.1, 0.15) is 16.8 Å². The number of amides is 5. The molecular weight excluding hydrogens is 848 g/mol. The van der Waals surface area contributed by atoms with Gasteiger partial charge in [0.25, 0.3) is 11.8 Å². The molecular formula is C45H51ClN8O8S. The number of piperidine rings is 2. The van der Waals surface area contributed by atoms with Crippen molar-refractivity contribution in [3.8, 4) is 5.75 Å². The van der Waals surface area contributed by atoms with Gasteiger partial charge in [-0.25, -0.2) is 13.4 Å². The van der Waals surface area contributed by atoms with Crippen molar-refractivity contribution >= 4 is 79.8 Å². The van der Waals surface area contributed by atoms with Crippen LogP contribution < -0.4 is 26.0 Å². The molecule has 4 N–H and O–H groups in total. The second kappa shape index (κ2) is 18.7. The number of ether oxygens (including phenoxy) is 1. The van der Waals surface area contributed by atoms with Crippen LogP contribution in [-0.4, -0.2) is 94.8 Å². The molecule has 63 heavy (non-hydrogen) atoms. The summed E-state index contributed by atoms with van der Waals surface area (Å²) in [6.45, 7) is 10.7. The zero-order valence-corrected chi connectivity index (χ0v) is 37.4. The topological polar surface area (TPSA) is 209 Å². The predicted molar refractivity (Wildman–Crippen MR) is 239 cm³/mol. The van der Waals surface area contributed by atoms with Crippen LogP contribution in [0.5, 0.6) is 5.75 Å². The fourth-order valence-corrected chi connectivity index (χ4v) is 9.49. The van der Waals surface area contributed by atoms with Gasteiger partial charge >= 0.3 is 0 Å². The van der Waals surface area contributed by atoms with E-state index < -0.39 is 44.8 Å². The number of rotatable bonds is 15. The number of benzene rings is 3. The zero-order chi connectivity index (χ0) is 45.2. The number of sulfone groups is 1. The first-order chi connectivity index (χ1) is 30.0. The van der Waals surface area contributed by atoms with Crippen molar-refractivity contribution in [2.24, 2.45) is 0 Å². The molecule has 0 bridgehead atoms. The highest BCUT2D eigenvalue weighted by Crippen LogP contribution is 2.39. The van der Waals surface area contributed by atoms with Crippen LogP contribution in [0.15, 0.2) is 65.7 Å². The van der Waals surface area contributed by atoms with Crippen molar-refractivity contribution in [2.45, 2.75) is 101 Å². The normalized spacial score (nSPS) is 17.0. The summed E-state index contributed by atoms with van der Waals surface area (Å²) in [4.78, 5) is 76.1. The third-order valence-electron chi connectivity index (χ3n) is 11.4. The van der Waals surface area contributed by atoms with Crippen LogP contribution in [0.2, 0.25) is 5.02 Å². The summed E-state index contributed by atoms with van der Waals surface area (Å²) in [5.41, 5.74) is 3.96. The Morgan fingerprint density at radius 1 is 0.937 bits per heavy atom. The highest BCUT2D eigenvalue weighted by atomic mass is 35.5. The minimum Gasteiger partial charge on any atom is -0.489 e. The fourth-order valence-electron chi connectivity index (χ4n) is 8.15. The molecule has 7 rings (SSSR count). The number of imide groups is 2. The molecule has 4 aromatic rings. The van der Waals surface area contributed by atoms with E-state index in [1.54, 1.807) is 56.3 Å². The second-order valence-corrected chi connectivity index (χ2v) is 19.3. The summed E-state index contributed by atoms with van der Waals surface area (Å²) >= 11 is 6.50. The molecule has 0 saturated carbocycles. The number of carbonyl (C=O) groups is 5. The molecule has 3 aliphatic heterocycles. The summed E-state index contributed by atoms with van der Waals surface area (Å²) in [7, 11) is -3.60. The van der Waals surface area contributed by atoms with E-state index in [1.165, 1.54) is 6.20 Å². The number of likely N-dealkylation sites (tertiary alicyclic amines) is 1. The predicted octanol–water partition coefficient (Wildman–Crippen LogP) is 6.89. The van der Waals surface area contributed by atoms with Crippen molar-refractivity contribution in [1.29, 1.82) is 0 Å². The van der Waals surface area contributed by atoms with E-state index in [1.807, 2.05) is 37.8 Å². The Kier molecular flexibility index (Phi) is 13.4. The summed E-state index contributed by atoms with van der Waals surface area (Å²) in [6.07, 6.45) is 3.72. The van der Waals surface area contributed by atoms with Gasteiger partial charge in [-0.1, -0.05) is 29.8 Å². The van der Waals surface area contributed by atoms with Gasteiger partial charge in [0, 0.05) is 38.2 Å². The number of aryl methyl sites for hydroxylation is 1. The lowest BCUT2D eigenvalue weighted by Gasteiger charge is -2.33. The lowest BCUT2D eigenvalue weighted by molar-refractivity contribution is -0.136. The Bertz CT molecular complexity index is 2580. The van der Waals surface area contributed by atoms with Gasteiger partial charge in [0.2, 0.25) is 23.7 Å². The van der Waals surface area contributed by atoms with Gasteiger partial charge in [-0.15, -0.1) is 0 Å².